The summed E-state index contributed by atoms with van der Waals surface area (Å²) in [4.78, 5) is 12.1. The van der Waals surface area contributed by atoms with Gasteiger partial charge in [-0.05, 0) is 24.5 Å². The van der Waals surface area contributed by atoms with Gasteiger partial charge in [0, 0.05) is 11.5 Å². The molecule has 0 amide bonds. The van der Waals surface area contributed by atoms with Crippen molar-refractivity contribution in [3.05, 3.63) is 107 Å². The van der Waals surface area contributed by atoms with Crippen LogP contribution in [0.25, 0.3) is 0 Å². The summed E-state index contributed by atoms with van der Waals surface area (Å²) in [6.07, 6.45) is 1.14. The van der Waals surface area contributed by atoms with E-state index in [2.05, 4.69) is 38.1 Å². The summed E-state index contributed by atoms with van der Waals surface area (Å²) in [6.45, 7) is 10.2. The maximum atomic E-state index is 12.1. The number of carbonyl (C=O) groups excluding carboxylic acids is 1. The van der Waals surface area contributed by atoms with E-state index in [1.54, 1.807) is 0 Å². The van der Waals surface area contributed by atoms with E-state index in [4.69, 9.17) is 0 Å². The van der Waals surface area contributed by atoms with Crippen LogP contribution in [0, 0.1) is 6.92 Å². The molecule has 0 saturated carbocycles. The lowest BCUT2D eigenvalue weighted by atomic mass is 9.92. The number of ketones is 1. The average molecular weight is 397 g/mol. The molecule has 3 aromatic carbocycles. The zero-order valence-electron chi connectivity index (χ0n) is 18.3. The number of rotatable bonds is 4. The average Bonchev–Trinajstić information content (AvgIpc) is 2.76. The van der Waals surface area contributed by atoms with Gasteiger partial charge in [0.15, 0.2) is 5.78 Å². The molecule has 1 unspecified atom stereocenters. The molecule has 3 aromatic rings. The second-order valence-corrected chi connectivity index (χ2v) is 6.20. The molecule has 158 valence electrons. The van der Waals surface area contributed by atoms with Crippen LogP contribution in [-0.4, -0.2) is 16.7 Å². The summed E-state index contributed by atoms with van der Waals surface area (Å²) in [7, 11) is 0. The lowest BCUT2D eigenvalue weighted by Crippen LogP contribution is -2.09. The molecule has 0 aromatic heterocycles. The SMILES string of the molecule is CC.CC(C(=O)c1ccccc1)c1ccccc1.CCc1ccc(C)cc1.O.O. The van der Waals surface area contributed by atoms with Crippen molar-refractivity contribution in [2.75, 3.05) is 0 Å². The molecule has 0 aliphatic heterocycles. The van der Waals surface area contributed by atoms with Gasteiger partial charge in [0.25, 0.3) is 0 Å². The first-order valence-electron chi connectivity index (χ1n) is 9.81. The fraction of sp³-hybridized carbons (Fsp3) is 0.269. The van der Waals surface area contributed by atoms with Crippen molar-refractivity contribution < 1.29 is 15.7 Å². The highest BCUT2D eigenvalue weighted by atomic mass is 16.1. The Morgan fingerprint density at radius 3 is 1.66 bits per heavy atom. The highest BCUT2D eigenvalue weighted by Gasteiger charge is 2.15. The molecule has 29 heavy (non-hydrogen) atoms. The van der Waals surface area contributed by atoms with E-state index in [9.17, 15) is 4.79 Å². The Morgan fingerprint density at radius 2 is 1.21 bits per heavy atom. The van der Waals surface area contributed by atoms with Crippen LogP contribution < -0.4 is 0 Å². The van der Waals surface area contributed by atoms with Crippen LogP contribution in [0.15, 0.2) is 84.9 Å². The maximum absolute atomic E-state index is 12.1. The Balaban J connectivity index is 0. The highest BCUT2D eigenvalue weighted by molar-refractivity contribution is 6.00. The summed E-state index contributed by atoms with van der Waals surface area (Å²) < 4.78 is 0. The minimum Gasteiger partial charge on any atom is -0.412 e. The molecule has 0 bridgehead atoms. The summed E-state index contributed by atoms with van der Waals surface area (Å²) in [5, 5.41) is 0. The van der Waals surface area contributed by atoms with Gasteiger partial charge in [-0.25, -0.2) is 0 Å². The van der Waals surface area contributed by atoms with Crippen LogP contribution in [0.4, 0.5) is 0 Å². The molecule has 0 radical (unpaired) electrons. The predicted octanol–water partition coefficient (Wildman–Crippen LogP) is 5.61. The second-order valence-electron chi connectivity index (χ2n) is 6.20. The second kappa shape index (κ2) is 16.2. The fourth-order valence-corrected chi connectivity index (χ4v) is 2.57. The Bertz CT molecular complexity index is 766. The standard InChI is InChI=1S/C15H14O.C9H12.C2H6.2H2O/c1-12(13-8-4-2-5-9-13)15(16)14-10-6-3-7-11-14;1-3-9-6-4-8(2)5-7-9;1-2;;/h2-12H,1H3;4-7H,3H2,1-2H3;1-2H3;2*1H2. The van der Waals surface area contributed by atoms with Crippen molar-refractivity contribution in [3.63, 3.8) is 0 Å². The first kappa shape index (κ1) is 28.5. The molecule has 0 heterocycles. The topological polar surface area (TPSA) is 80.1 Å². The van der Waals surface area contributed by atoms with Gasteiger partial charge in [-0.1, -0.05) is 118 Å². The van der Waals surface area contributed by atoms with Crippen LogP contribution in [0.5, 0.6) is 0 Å². The number of aryl methyl sites for hydroxylation is 2. The highest BCUT2D eigenvalue weighted by Crippen LogP contribution is 2.19. The van der Waals surface area contributed by atoms with Gasteiger partial charge in [0.1, 0.15) is 0 Å². The van der Waals surface area contributed by atoms with E-state index in [0.29, 0.717) is 0 Å². The van der Waals surface area contributed by atoms with Gasteiger partial charge < -0.3 is 11.0 Å². The Kier molecular flexibility index (Phi) is 15.9. The quantitative estimate of drug-likeness (QED) is 0.528. The Hall–Kier alpha value is -2.75. The zero-order chi connectivity index (χ0) is 20.1. The lowest BCUT2D eigenvalue weighted by Gasteiger charge is -2.10. The molecular formula is C26H36O3. The van der Waals surface area contributed by atoms with Crippen LogP contribution >= 0.6 is 0 Å². The summed E-state index contributed by atoms with van der Waals surface area (Å²) in [6, 6.07) is 28.0. The third-order valence-electron chi connectivity index (χ3n) is 4.28. The van der Waals surface area contributed by atoms with Gasteiger partial charge >= 0.3 is 0 Å². The van der Waals surface area contributed by atoms with Crippen LogP contribution in [0.3, 0.4) is 0 Å². The summed E-state index contributed by atoms with van der Waals surface area (Å²) in [5.74, 6) is 0.0930. The van der Waals surface area contributed by atoms with Crippen LogP contribution in [0.1, 0.15) is 60.7 Å². The number of benzene rings is 3. The van der Waals surface area contributed by atoms with Crippen molar-refractivity contribution >= 4 is 5.78 Å². The van der Waals surface area contributed by atoms with Crippen molar-refractivity contribution in [1.82, 2.24) is 0 Å². The Morgan fingerprint density at radius 1 is 0.759 bits per heavy atom. The van der Waals surface area contributed by atoms with E-state index >= 15 is 0 Å². The molecule has 0 fully saturated rings. The van der Waals surface area contributed by atoms with Gasteiger partial charge in [-0.3, -0.25) is 4.79 Å². The third kappa shape index (κ3) is 9.84. The molecule has 0 aliphatic carbocycles. The first-order valence-corrected chi connectivity index (χ1v) is 9.81. The van der Waals surface area contributed by atoms with E-state index in [0.717, 1.165) is 17.5 Å². The minimum atomic E-state index is -0.0800. The zero-order valence-corrected chi connectivity index (χ0v) is 18.3. The van der Waals surface area contributed by atoms with Crippen molar-refractivity contribution in [1.29, 1.82) is 0 Å². The third-order valence-corrected chi connectivity index (χ3v) is 4.28. The number of hydrogen-bond acceptors (Lipinski definition) is 1. The lowest BCUT2D eigenvalue weighted by molar-refractivity contribution is 0.0966. The molecule has 0 saturated heterocycles. The van der Waals surface area contributed by atoms with Gasteiger partial charge in [-0.2, -0.15) is 0 Å². The van der Waals surface area contributed by atoms with E-state index in [-0.39, 0.29) is 22.7 Å². The molecule has 1 atom stereocenters. The predicted molar refractivity (Wildman–Crippen MR) is 125 cm³/mol. The molecule has 0 spiro atoms. The van der Waals surface area contributed by atoms with Crippen molar-refractivity contribution in [2.24, 2.45) is 0 Å². The fourth-order valence-electron chi connectivity index (χ4n) is 2.57. The number of Topliss-reactive ketones (excluding diaryl/α,β-unsaturated/α-hetero) is 1. The van der Waals surface area contributed by atoms with Gasteiger partial charge in [-0.15, -0.1) is 0 Å². The molecule has 3 nitrogen and oxygen atoms in total. The summed E-state index contributed by atoms with van der Waals surface area (Å²) in [5.41, 5.74) is 4.60. The molecule has 3 heteroatoms. The largest absolute Gasteiger partial charge is 0.412 e. The van der Waals surface area contributed by atoms with E-state index in [1.165, 1.54) is 11.1 Å². The Labute approximate surface area is 176 Å². The monoisotopic (exact) mass is 396 g/mol. The van der Waals surface area contributed by atoms with Crippen molar-refractivity contribution in [3.8, 4) is 0 Å². The van der Waals surface area contributed by atoms with Gasteiger partial charge in [0.2, 0.25) is 0 Å². The first-order chi connectivity index (χ1) is 13.1. The number of hydrogen-bond donors (Lipinski definition) is 0. The minimum absolute atomic E-state index is 0. The van der Waals surface area contributed by atoms with Gasteiger partial charge in [0.05, 0.1) is 0 Å². The van der Waals surface area contributed by atoms with Crippen molar-refractivity contribution in [2.45, 2.75) is 47.0 Å². The molecule has 3 rings (SSSR count). The van der Waals surface area contributed by atoms with E-state index in [1.807, 2.05) is 81.4 Å². The van der Waals surface area contributed by atoms with Crippen LogP contribution in [0.2, 0.25) is 0 Å². The maximum Gasteiger partial charge on any atom is 0.170 e. The molecule has 4 N–H and O–H groups in total. The van der Waals surface area contributed by atoms with E-state index < -0.39 is 0 Å². The normalized spacial score (nSPS) is 9.83. The summed E-state index contributed by atoms with van der Waals surface area (Å²) >= 11 is 0. The molecule has 0 aliphatic rings. The smallest absolute Gasteiger partial charge is 0.170 e. The molecular weight excluding hydrogens is 360 g/mol. The number of carbonyl (C=O) groups is 1. The van der Waals surface area contributed by atoms with Crippen LogP contribution in [-0.2, 0) is 6.42 Å².